The van der Waals surface area contributed by atoms with Gasteiger partial charge >= 0.3 is 0 Å². The van der Waals surface area contributed by atoms with E-state index in [-0.39, 0.29) is 27.5 Å². The van der Waals surface area contributed by atoms with Crippen LogP contribution in [0.4, 0.5) is 0 Å². The van der Waals surface area contributed by atoms with Gasteiger partial charge in [0.1, 0.15) is 29.2 Å². The third kappa shape index (κ3) is 10.0. The Bertz CT molecular complexity index is 1370. The van der Waals surface area contributed by atoms with Crippen molar-refractivity contribution < 1.29 is 14.0 Å². The molecule has 1 heterocycles. The molecule has 2 aromatic rings. The molecule has 0 spiro atoms. The van der Waals surface area contributed by atoms with Crippen LogP contribution < -0.4 is 14.8 Å². The first kappa shape index (κ1) is 39.4. The molecule has 4 heteroatoms. The zero-order valence-electron chi connectivity index (χ0n) is 34.2. The molecule has 0 atom stereocenters. The number of hydrogen-bond acceptors (Lipinski definition) is 3. The summed E-state index contributed by atoms with van der Waals surface area (Å²) in [6.07, 6.45) is 3.70. The quantitative estimate of drug-likeness (QED) is 0.260. The largest absolute Gasteiger partial charge is 0.488 e. The number of quaternary nitrogens is 1. The molecule has 4 nitrogen and oxygen atoms in total. The second-order valence-electron chi connectivity index (χ2n) is 20.2. The highest BCUT2D eigenvalue weighted by atomic mass is 16.5. The molecule has 0 amide bonds. The van der Waals surface area contributed by atoms with Crippen LogP contribution in [-0.2, 0) is 17.4 Å². The summed E-state index contributed by atoms with van der Waals surface area (Å²) in [4.78, 5) is 0. The van der Waals surface area contributed by atoms with Crippen molar-refractivity contribution in [2.75, 3.05) is 20.6 Å². The van der Waals surface area contributed by atoms with Gasteiger partial charge in [-0.15, -0.1) is 0 Å². The summed E-state index contributed by atoms with van der Waals surface area (Å²) in [6.45, 7) is 40.6. The standard InChI is InChI=1S/C43H73N2O2/c1-29-23-35(24-30(2)36(29)46-39(7,8)9)42(14,15)43(16,17)47-37-31(3)22-34(38(4,5)6)25-33(37)28-45(18,19)21-20-32-26-40(10,11)44-41(12,13)27-32/h22-25,32,44H,20-21,26-28H2,1-19H3/q+1. The zero-order chi connectivity index (χ0) is 36.2. The summed E-state index contributed by atoms with van der Waals surface area (Å²) < 4.78 is 14.6. The molecule has 0 radical (unpaired) electrons. The van der Waals surface area contributed by atoms with Crippen molar-refractivity contribution in [2.45, 2.75) is 177 Å². The van der Waals surface area contributed by atoms with Gasteiger partial charge in [0.2, 0.25) is 0 Å². The van der Waals surface area contributed by atoms with Crippen molar-refractivity contribution in [3.05, 3.63) is 57.6 Å². The van der Waals surface area contributed by atoms with Crippen LogP contribution in [0.2, 0.25) is 0 Å². The number of ether oxygens (including phenoxy) is 2. The highest BCUT2D eigenvalue weighted by Gasteiger charge is 2.43. The molecule has 1 saturated heterocycles. The maximum atomic E-state index is 7.29. The van der Waals surface area contributed by atoms with Crippen molar-refractivity contribution in [3.8, 4) is 11.5 Å². The maximum absolute atomic E-state index is 7.29. The Morgan fingerprint density at radius 2 is 1.17 bits per heavy atom. The lowest BCUT2D eigenvalue weighted by Gasteiger charge is -2.47. The summed E-state index contributed by atoms with van der Waals surface area (Å²) in [6, 6.07) is 9.40. The lowest BCUT2D eigenvalue weighted by Crippen LogP contribution is -2.58. The van der Waals surface area contributed by atoms with Gasteiger partial charge in [0, 0.05) is 22.1 Å². The van der Waals surface area contributed by atoms with E-state index < -0.39 is 5.60 Å². The third-order valence-electron chi connectivity index (χ3n) is 10.7. The van der Waals surface area contributed by atoms with E-state index in [1.54, 1.807) is 0 Å². The molecule has 0 saturated carbocycles. The van der Waals surface area contributed by atoms with E-state index in [1.807, 2.05) is 0 Å². The van der Waals surface area contributed by atoms with Gasteiger partial charge in [0.15, 0.2) is 0 Å². The molecular formula is C43H73N2O2+. The van der Waals surface area contributed by atoms with Crippen LogP contribution in [0.3, 0.4) is 0 Å². The fourth-order valence-corrected chi connectivity index (χ4v) is 7.86. The van der Waals surface area contributed by atoms with E-state index in [4.69, 9.17) is 9.47 Å². The number of nitrogens with zero attached hydrogens (tertiary/aromatic N) is 1. The van der Waals surface area contributed by atoms with Crippen LogP contribution in [0, 0.1) is 26.7 Å². The molecule has 1 N–H and O–H groups in total. The van der Waals surface area contributed by atoms with Gasteiger partial charge in [-0.2, -0.15) is 0 Å². The number of hydrogen-bond donors (Lipinski definition) is 1. The van der Waals surface area contributed by atoms with Crippen molar-refractivity contribution in [1.29, 1.82) is 0 Å². The highest BCUT2D eigenvalue weighted by molar-refractivity contribution is 5.49. The lowest BCUT2D eigenvalue weighted by molar-refractivity contribution is -0.904. The monoisotopic (exact) mass is 650 g/mol. The first-order valence-electron chi connectivity index (χ1n) is 18.2. The number of nitrogens with one attached hydrogen (secondary N) is 1. The van der Waals surface area contributed by atoms with Crippen LogP contribution in [0.25, 0.3) is 0 Å². The van der Waals surface area contributed by atoms with Crippen molar-refractivity contribution in [1.82, 2.24) is 5.32 Å². The van der Waals surface area contributed by atoms with Crippen LogP contribution in [-0.4, -0.2) is 47.4 Å². The smallest absolute Gasteiger partial charge is 0.131 e. The summed E-state index contributed by atoms with van der Waals surface area (Å²) in [5, 5.41) is 3.87. The molecule has 2 aromatic carbocycles. The molecule has 1 aliphatic heterocycles. The molecule has 0 unspecified atom stereocenters. The van der Waals surface area contributed by atoms with Gasteiger partial charge in [-0.05, 0) is 148 Å². The fraction of sp³-hybridized carbons (Fsp3) is 0.721. The van der Waals surface area contributed by atoms with Gasteiger partial charge in [-0.1, -0.05) is 52.8 Å². The average molecular weight is 650 g/mol. The van der Waals surface area contributed by atoms with E-state index in [0.717, 1.165) is 35.0 Å². The first-order chi connectivity index (χ1) is 20.9. The fourth-order valence-electron chi connectivity index (χ4n) is 7.86. The lowest BCUT2D eigenvalue weighted by atomic mass is 9.71. The molecular weight excluding hydrogens is 576 g/mol. The maximum Gasteiger partial charge on any atom is 0.131 e. The van der Waals surface area contributed by atoms with E-state index in [0.29, 0.717) is 0 Å². The van der Waals surface area contributed by atoms with Crippen molar-refractivity contribution in [3.63, 3.8) is 0 Å². The van der Waals surface area contributed by atoms with Gasteiger partial charge in [-0.3, -0.25) is 0 Å². The molecule has 266 valence electrons. The molecule has 3 rings (SSSR count). The second kappa shape index (κ2) is 13.0. The molecule has 0 bridgehead atoms. The van der Waals surface area contributed by atoms with Crippen molar-refractivity contribution in [2.24, 2.45) is 5.92 Å². The van der Waals surface area contributed by atoms with Gasteiger partial charge in [-0.25, -0.2) is 0 Å². The molecule has 47 heavy (non-hydrogen) atoms. The SMILES string of the molecule is Cc1cc(C(C)(C)C(C)(C)Oc2c(C)cc(C(C)(C)C)cc2C[N+](C)(C)CCC2CC(C)(C)NC(C)(C)C2)cc(C)c1OC(C)(C)C. The topological polar surface area (TPSA) is 30.5 Å². The summed E-state index contributed by atoms with van der Waals surface area (Å²) >= 11 is 0. The van der Waals surface area contributed by atoms with Gasteiger partial charge < -0.3 is 19.3 Å². The minimum atomic E-state index is -0.482. The Morgan fingerprint density at radius 1 is 0.702 bits per heavy atom. The Morgan fingerprint density at radius 3 is 1.64 bits per heavy atom. The predicted octanol–water partition coefficient (Wildman–Crippen LogP) is 10.7. The minimum absolute atomic E-state index is 0.0577. The zero-order valence-corrected chi connectivity index (χ0v) is 34.2. The van der Waals surface area contributed by atoms with Crippen LogP contribution in [0.5, 0.6) is 11.5 Å². The number of rotatable bonds is 10. The Kier molecular flexibility index (Phi) is 10.9. The highest BCUT2D eigenvalue weighted by Crippen LogP contribution is 2.44. The first-order valence-corrected chi connectivity index (χ1v) is 18.2. The van der Waals surface area contributed by atoms with E-state index >= 15 is 0 Å². The van der Waals surface area contributed by atoms with Crippen LogP contribution in [0.15, 0.2) is 24.3 Å². The Balaban J connectivity index is 1.97. The summed E-state index contributed by atoms with van der Waals surface area (Å²) in [5.41, 5.74) is 6.95. The van der Waals surface area contributed by atoms with Crippen LogP contribution in [0.1, 0.15) is 150 Å². The predicted molar refractivity (Wildman–Crippen MR) is 203 cm³/mol. The van der Waals surface area contributed by atoms with Crippen LogP contribution >= 0.6 is 0 Å². The summed E-state index contributed by atoms with van der Waals surface area (Å²) in [5.74, 6) is 2.76. The van der Waals surface area contributed by atoms with E-state index in [2.05, 4.69) is 161 Å². The Labute approximate surface area is 291 Å². The van der Waals surface area contributed by atoms with Gasteiger partial charge in [0.05, 0.1) is 20.6 Å². The van der Waals surface area contributed by atoms with Gasteiger partial charge in [0.25, 0.3) is 0 Å². The second-order valence-corrected chi connectivity index (χ2v) is 20.2. The minimum Gasteiger partial charge on any atom is -0.488 e. The molecule has 1 aliphatic rings. The number of benzene rings is 2. The summed E-state index contributed by atoms with van der Waals surface area (Å²) in [7, 11) is 4.81. The Hall–Kier alpha value is -2.04. The van der Waals surface area contributed by atoms with Crippen molar-refractivity contribution >= 4 is 0 Å². The number of aryl methyl sites for hydroxylation is 3. The average Bonchev–Trinajstić information content (AvgIpc) is 2.83. The number of piperidine rings is 1. The third-order valence-corrected chi connectivity index (χ3v) is 10.7. The molecule has 0 aliphatic carbocycles. The van der Waals surface area contributed by atoms with E-state index in [9.17, 15) is 0 Å². The molecule has 0 aromatic heterocycles. The van der Waals surface area contributed by atoms with E-state index in [1.165, 1.54) is 52.6 Å². The molecule has 1 fully saturated rings. The normalized spacial score (nSPS) is 17.9.